The summed E-state index contributed by atoms with van der Waals surface area (Å²) < 4.78 is 49.5. The number of rotatable bonds is 14. The molecule has 0 bridgehead atoms. The van der Waals surface area contributed by atoms with Gasteiger partial charge in [0.05, 0.1) is 18.3 Å². The zero-order valence-electron chi connectivity index (χ0n) is 22.2. The molecule has 6 N–H and O–H groups in total. The molecule has 1 saturated heterocycles. The molecule has 1 fully saturated rings. The molecule has 43 heavy (non-hydrogen) atoms. The quantitative estimate of drug-likeness (QED) is 0.0544. The van der Waals surface area contributed by atoms with Gasteiger partial charge in [-0.3, -0.25) is 19.8 Å². The van der Waals surface area contributed by atoms with E-state index in [2.05, 4.69) is 32.7 Å². The van der Waals surface area contributed by atoms with Gasteiger partial charge in [-0.15, -0.1) is 0 Å². The molecule has 0 saturated carbocycles. The average Bonchev–Trinajstić information content (AvgIpc) is 3.17. The van der Waals surface area contributed by atoms with Crippen LogP contribution < -0.4 is 22.6 Å². The number of hydrazone groups is 1. The first-order valence-electron chi connectivity index (χ1n) is 12.3. The average molecular weight is 664 g/mol. The van der Waals surface area contributed by atoms with Gasteiger partial charge in [0.2, 0.25) is 6.23 Å². The van der Waals surface area contributed by atoms with E-state index in [1.54, 1.807) is 18.3 Å². The molecule has 2 aromatic heterocycles. The molecule has 0 radical (unpaired) electrons. The van der Waals surface area contributed by atoms with Gasteiger partial charge >= 0.3 is 23.7 Å². The topological polar surface area (TPSA) is 216 Å². The number of nitrogens with zero attached hydrogens (tertiary/aromatic N) is 4. The second-order valence-electron chi connectivity index (χ2n) is 8.42. The summed E-state index contributed by atoms with van der Waals surface area (Å²) in [5, 5.41) is 13.8. The van der Waals surface area contributed by atoms with E-state index in [4.69, 9.17) is 30.4 Å². The third-order valence-corrected chi connectivity index (χ3v) is 7.80. The van der Waals surface area contributed by atoms with Crippen molar-refractivity contribution in [2.75, 3.05) is 37.1 Å². The van der Waals surface area contributed by atoms with Gasteiger partial charge in [0.25, 0.3) is 0 Å². The van der Waals surface area contributed by atoms with Gasteiger partial charge in [-0.25, -0.2) is 9.59 Å². The number of anilines is 1. The van der Waals surface area contributed by atoms with Crippen LogP contribution in [0.25, 0.3) is 0 Å². The zero-order valence-corrected chi connectivity index (χ0v) is 24.6. The first-order valence-corrected chi connectivity index (χ1v) is 15.2. The van der Waals surface area contributed by atoms with Gasteiger partial charge in [-0.1, -0.05) is 27.7 Å². The van der Waals surface area contributed by atoms with Crippen LogP contribution in [0.1, 0.15) is 17.5 Å². The highest BCUT2D eigenvalue weighted by molar-refractivity contribution is 8.76. The minimum atomic E-state index is -3.88. The number of carbonyl (C=O) groups excluding carboxylic acids is 2. The Morgan fingerprint density at radius 1 is 1.26 bits per heavy atom. The Morgan fingerprint density at radius 3 is 2.67 bits per heavy atom. The van der Waals surface area contributed by atoms with Gasteiger partial charge in [0.15, 0.2) is 11.2 Å². The summed E-state index contributed by atoms with van der Waals surface area (Å²) in [5.41, 5.74) is 13.0. The van der Waals surface area contributed by atoms with E-state index >= 15 is 0 Å². The van der Waals surface area contributed by atoms with E-state index in [-0.39, 0.29) is 30.6 Å². The van der Waals surface area contributed by atoms with Crippen LogP contribution in [0.15, 0.2) is 40.5 Å². The third kappa shape index (κ3) is 10.3. The molecule has 15 nitrogen and oxygen atoms in total. The Balaban J connectivity index is 1.28. The summed E-state index contributed by atoms with van der Waals surface area (Å²) >= 11 is 4.66. The maximum Gasteiger partial charge on any atom is 0.508 e. The highest BCUT2D eigenvalue weighted by Gasteiger charge is 2.60. The molecule has 3 atom stereocenters. The van der Waals surface area contributed by atoms with Gasteiger partial charge in [0, 0.05) is 23.9 Å². The van der Waals surface area contributed by atoms with Crippen molar-refractivity contribution in [1.82, 2.24) is 20.0 Å². The number of nitrogens with one attached hydrogen (secondary N) is 1. The number of alkyl halides is 2. The Hall–Kier alpha value is -3.59. The molecule has 3 unspecified atom stereocenters. The van der Waals surface area contributed by atoms with E-state index in [1.165, 1.54) is 27.8 Å². The van der Waals surface area contributed by atoms with Crippen LogP contribution in [-0.2, 0) is 30.2 Å². The van der Waals surface area contributed by atoms with Crippen molar-refractivity contribution in [2.24, 2.45) is 10.8 Å². The number of nitrogens with two attached hydrogens (primary N) is 2. The standard InChI is InChI=1S/C23H27F2N7O8S3/c24-23(25)18(34)15(40-19(23)32-5-3-16(26)30-21(32)35)12-39-22(36)38-7-9-43-42-8-6-37-17(33)10-13-2-1-4-28-14(13)11-29-31-20(27)41/h1-5,11,15,18-19,34H,6-10,12H2,(H2,26,30,35)(H3,27,31,41)/b29-11+. The van der Waals surface area contributed by atoms with Crippen LogP contribution in [0.5, 0.6) is 0 Å². The van der Waals surface area contributed by atoms with Gasteiger partial charge < -0.3 is 35.5 Å². The molecule has 1 aliphatic heterocycles. The largest absolute Gasteiger partial charge is 0.508 e. The number of aliphatic hydroxyl groups excluding tert-OH is 1. The van der Waals surface area contributed by atoms with Crippen molar-refractivity contribution >= 4 is 63.1 Å². The summed E-state index contributed by atoms with van der Waals surface area (Å²) in [6.07, 6.45) is -3.46. The summed E-state index contributed by atoms with van der Waals surface area (Å²) in [6, 6.07) is 4.51. The number of carbonyl (C=O) groups is 2. The molecule has 2 aromatic rings. The maximum atomic E-state index is 14.5. The number of pyridine rings is 1. The lowest BCUT2D eigenvalue weighted by Crippen LogP contribution is -2.42. The lowest BCUT2D eigenvalue weighted by molar-refractivity contribution is -0.142. The summed E-state index contributed by atoms with van der Waals surface area (Å²) in [6.45, 7) is -0.673. The fourth-order valence-electron chi connectivity index (χ4n) is 3.45. The van der Waals surface area contributed by atoms with Gasteiger partial charge in [-0.2, -0.15) is 18.9 Å². The number of nitrogen functional groups attached to an aromatic ring is 1. The number of esters is 1. The molecule has 3 heterocycles. The van der Waals surface area contributed by atoms with E-state index in [0.29, 0.717) is 27.3 Å². The predicted molar refractivity (Wildman–Crippen MR) is 156 cm³/mol. The first-order chi connectivity index (χ1) is 20.5. The zero-order chi connectivity index (χ0) is 31.4. The van der Waals surface area contributed by atoms with Crippen LogP contribution >= 0.6 is 33.8 Å². The van der Waals surface area contributed by atoms with Crippen molar-refractivity contribution in [3.8, 4) is 0 Å². The molecule has 3 rings (SSSR count). The number of aliphatic hydroxyl groups is 1. The number of halogens is 2. The molecule has 234 valence electrons. The number of hydrogen-bond acceptors (Lipinski definition) is 15. The monoisotopic (exact) mass is 663 g/mol. The minimum Gasteiger partial charge on any atom is -0.465 e. The number of thiocarbonyl (C=S) groups is 1. The molecule has 20 heteroatoms. The highest BCUT2D eigenvalue weighted by atomic mass is 33.1. The van der Waals surface area contributed by atoms with Crippen molar-refractivity contribution < 1.29 is 42.4 Å². The predicted octanol–water partition coefficient (Wildman–Crippen LogP) is 0.602. The smallest absolute Gasteiger partial charge is 0.465 e. The van der Waals surface area contributed by atoms with Crippen molar-refractivity contribution in [1.29, 1.82) is 0 Å². The summed E-state index contributed by atoms with van der Waals surface area (Å²) in [4.78, 5) is 43.4. The summed E-state index contributed by atoms with van der Waals surface area (Å²) in [7, 11) is 2.70. The highest BCUT2D eigenvalue weighted by Crippen LogP contribution is 2.42. The molecular weight excluding hydrogens is 636 g/mol. The first kappa shape index (κ1) is 33.9. The second-order valence-corrected chi connectivity index (χ2v) is 11.6. The number of hydrogen-bond donors (Lipinski definition) is 4. The van der Waals surface area contributed by atoms with Crippen LogP contribution in [0.2, 0.25) is 0 Å². The second kappa shape index (κ2) is 16.3. The molecule has 0 aromatic carbocycles. The van der Waals surface area contributed by atoms with Crippen LogP contribution in [0.3, 0.4) is 0 Å². The van der Waals surface area contributed by atoms with Crippen molar-refractivity contribution in [3.05, 3.63) is 52.3 Å². The van der Waals surface area contributed by atoms with Crippen molar-refractivity contribution in [2.45, 2.75) is 30.8 Å². The minimum absolute atomic E-state index is 0.0108. The third-order valence-electron chi connectivity index (χ3n) is 5.37. The Labute approximate surface area is 256 Å². The number of aromatic nitrogens is 3. The maximum absolute atomic E-state index is 14.5. The molecule has 0 aliphatic carbocycles. The van der Waals surface area contributed by atoms with E-state index in [0.717, 1.165) is 12.3 Å². The van der Waals surface area contributed by atoms with Crippen LogP contribution in [0, 0.1) is 0 Å². The molecule has 1 aliphatic rings. The van der Waals surface area contributed by atoms with E-state index in [9.17, 15) is 28.3 Å². The lowest BCUT2D eigenvalue weighted by Gasteiger charge is -2.20. The Bertz CT molecular complexity index is 1370. The molecule has 0 spiro atoms. The molecule has 0 amide bonds. The van der Waals surface area contributed by atoms with Crippen molar-refractivity contribution in [3.63, 3.8) is 0 Å². The van der Waals surface area contributed by atoms with E-state index < -0.39 is 48.8 Å². The summed E-state index contributed by atoms with van der Waals surface area (Å²) in [5.74, 6) is -3.71. The van der Waals surface area contributed by atoms with Gasteiger partial charge in [0.1, 0.15) is 31.7 Å². The van der Waals surface area contributed by atoms with Crippen LogP contribution in [-0.4, -0.2) is 92.6 Å². The van der Waals surface area contributed by atoms with Gasteiger partial charge in [-0.05, 0) is 29.9 Å². The van der Waals surface area contributed by atoms with Crippen LogP contribution in [0.4, 0.5) is 19.4 Å². The molecular formula is C23H27F2N7O8S3. The Kier molecular flexibility index (Phi) is 12.9. The SMILES string of the molecule is NC(=S)N/N=C/c1ncccc1CC(=O)OCCSSCCOC(=O)OCC1OC(n2ccc(N)nc2=O)C(F)(F)C1O. The fourth-order valence-corrected chi connectivity index (χ4v) is 5.16. The fraction of sp³-hybridized carbons (Fsp3) is 0.435. The normalized spacial score (nSPS) is 19.2. The lowest BCUT2D eigenvalue weighted by atomic mass is 10.1. The number of ether oxygens (including phenoxy) is 4. The Morgan fingerprint density at radius 2 is 1.98 bits per heavy atom. The van der Waals surface area contributed by atoms with E-state index in [1.807, 2.05) is 0 Å².